The molecule has 2 aromatic carbocycles. The first kappa shape index (κ1) is 15.9. The summed E-state index contributed by atoms with van der Waals surface area (Å²) in [6.07, 6.45) is 4.53. The van der Waals surface area contributed by atoms with E-state index in [2.05, 4.69) is 17.4 Å². The van der Waals surface area contributed by atoms with Crippen molar-refractivity contribution < 1.29 is 9.59 Å². The maximum atomic E-state index is 12.7. The Morgan fingerprint density at radius 2 is 1.80 bits per heavy atom. The Morgan fingerprint density at radius 3 is 2.56 bits per heavy atom. The largest absolute Gasteiger partial charge is 0.326 e. The molecule has 1 unspecified atom stereocenters. The topological polar surface area (TPSA) is 49.4 Å². The number of anilines is 2. The number of hydrogen-bond donors (Lipinski definition) is 1. The first-order valence-corrected chi connectivity index (χ1v) is 9.01. The van der Waals surface area contributed by atoms with Crippen molar-refractivity contribution >= 4 is 23.2 Å². The van der Waals surface area contributed by atoms with Crippen molar-refractivity contribution in [1.82, 2.24) is 0 Å². The van der Waals surface area contributed by atoms with Crippen LogP contribution in [-0.2, 0) is 16.0 Å². The number of fused-ring (bicyclic) bond motifs is 1. The van der Waals surface area contributed by atoms with E-state index in [-0.39, 0.29) is 17.7 Å². The molecule has 2 aliphatic rings. The van der Waals surface area contributed by atoms with E-state index in [1.54, 1.807) is 0 Å². The summed E-state index contributed by atoms with van der Waals surface area (Å²) in [7, 11) is 0. The molecule has 2 amide bonds. The van der Waals surface area contributed by atoms with Gasteiger partial charge in [0.05, 0.1) is 5.92 Å². The molecular formula is C21H22N2O2. The van der Waals surface area contributed by atoms with Gasteiger partial charge in [0.15, 0.2) is 0 Å². The van der Waals surface area contributed by atoms with E-state index in [0.717, 1.165) is 49.2 Å². The van der Waals surface area contributed by atoms with E-state index in [4.69, 9.17) is 0 Å². The number of amides is 2. The average Bonchev–Trinajstić information content (AvgIpc) is 3.08. The predicted octanol–water partition coefficient (Wildman–Crippen LogP) is 3.87. The minimum atomic E-state index is -0.0789. The van der Waals surface area contributed by atoms with Crippen LogP contribution in [0.2, 0.25) is 0 Å². The third-order valence-electron chi connectivity index (χ3n) is 5.21. The van der Waals surface area contributed by atoms with Gasteiger partial charge in [-0.05, 0) is 61.1 Å². The van der Waals surface area contributed by atoms with Crippen molar-refractivity contribution in [3.63, 3.8) is 0 Å². The Hall–Kier alpha value is -2.62. The van der Waals surface area contributed by atoms with E-state index in [1.807, 2.05) is 41.3 Å². The van der Waals surface area contributed by atoms with Crippen LogP contribution in [0.3, 0.4) is 0 Å². The summed E-state index contributed by atoms with van der Waals surface area (Å²) in [5.74, 6) is 0.150. The van der Waals surface area contributed by atoms with Gasteiger partial charge in [0.2, 0.25) is 11.8 Å². The monoisotopic (exact) mass is 334 g/mol. The van der Waals surface area contributed by atoms with E-state index in [9.17, 15) is 9.59 Å². The molecule has 1 aliphatic heterocycles. The lowest BCUT2D eigenvalue weighted by atomic mass is 9.82. The maximum absolute atomic E-state index is 12.7. The molecule has 1 aliphatic carbocycles. The van der Waals surface area contributed by atoms with Gasteiger partial charge in [0.25, 0.3) is 0 Å². The van der Waals surface area contributed by atoms with Crippen LogP contribution in [0.5, 0.6) is 0 Å². The van der Waals surface area contributed by atoms with Crippen LogP contribution in [0.4, 0.5) is 11.4 Å². The summed E-state index contributed by atoms with van der Waals surface area (Å²) in [6.45, 7) is 0.781. The Morgan fingerprint density at radius 1 is 1.00 bits per heavy atom. The van der Waals surface area contributed by atoms with Crippen molar-refractivity contribution in [3.05, 3.63) is 59.7 Å². The lowest BCUT2D eigenvalue weighted by Gasteiger charge is -2.24. The lowest BCUT2D eigenvalue weighted by Crippen LogP contribution is -2.25. The quantitative estimate of drug-likeness (QED) is 0.926. The second kappa shape index (κ2) is 6.71. The van der Waals surface area contributed by atoms with Gasteiger partial charge in [-0.15, -0.1) is 0 Å². The lowest BCUT2D eigenvalue weighted by molar-refractivity contribution is -0.118. The molecule has 0 saturated carbocycles. The number of aryl methyl sites for hydroxylation is 1. The molecule has 4 nitrogen and oxygen atoms in total. The van der Waals surface area contributed by atoms with E-state index >= 15 is 0 Å². The summed E-state index contributed by atoms with van der Waals surface area (Å²) in [6, 6.07) is 15.8. The number of nitrogens with zero attached hydrogens (tertiary/aromatic N) is 1. The number of carbonyl (C=O) groups excluding carboxylic acids is 2. The summed E-state index contributed by atoms with van der Waals surface area (Å²) in [5, 5.41) is 3.04. The van der Waals surface area contributed by atoms with Crippen molar-refractivity contribution in [2.24, 2.45) is 0 Å². The number of nitrogens with one attached hydrogen (secondary N) is 1. The number of benzene rings is 2. The van der Waals surface area contributed by atoms with Crippen LogP contribution in [0.25, 0.3) is 0 Å². The molecule has 25 heavy (non-hydrogen) atoms. The molecule has 2 aromatic rings. The molecule has 4 heteroatoms. The van der Waals surface area contributed by atoms with Gasteiger partial charge in [-0.25, -0.2) is 0 Å². The van der Waals surface area contributed by atoms with E-state index in [1.165, 1.54) is 5.56 Å². The number of carbonyl (C=O) groups is 2. The molecule has 1 saturated heterocycles. The molecule has 0 bridgehead atoms. The fourth-order valence-corrected chi connectivity index (χ4v) is 3.90. The summed E-state index contributed by atoms with van der Waals surface area (Å²) in [5.41, 5.74) is 4.13. The first-order chi connectivity index (χ1) is 12.2. The molecule has 0 aromatic heterocycles. The zero-order valence-corrected chi connectivity index (χ0v) is 14.2. The maximum Gasteiger partial charge on any atom is 0.231 e. The van der Waals surface area contributed by atoms with Crippen molar-refractivity contribution in [2.75, 3.05) is 16.8 Å². The molecule has 1 atom stereocenters. The van der Waals surface area contributed by atoms with Gasteiger partial charge in [-0.1, -0.05) is 24.3 Å². The standard InChI is InChI=1S/C21H22N2O2/c24-20-9-4-14-23(20)17-12-10-16(11-13-17)22-21(25)19-8-3-6-15-5-1-2-7-18(15)19/h1-2,5,7,10-13,19H,3-4,6,8-9,14H2,(H,22,25). The average molecular weight is 334 g/mol. The molecular weight excluding hydrogens is 312 g/mol. The number of rotatable bonds is 3. The third kappa shape index (κ3) is 3.16. The SMILES string of the molecule is O=C(Nc1ccc(N2CCCC2=O)cc1)C1CCCc2ccccc21. The Labute approximate surface area is 147 Å². The van der Waals surface area contributed by atoms with Gasteiger partial charge in [0.1, 0.15) is 0 Å². The van der Waals surface area contributed by atoms with Crippen LogP contribution < -0.4 is 10.2 Å². The molecule has 1 fully saturated rings. The minimum Gasteiger partial charge on any atom is -0.326 e. The number of hydrogen-bond acceptors (Lipinski definition) is 2. The highest BCUT2D eigenvalue weighted by Crippen LogP contribution is 2.32. The highest BCUT2D eigenvalue weighted by atomic mass is 16.2. The normalized spacial score (nSPS) is 19.6. The van der Waals surface area contributed by atoms with E-state index < -0.39 is 0 Å². The smallest absolute Gasteiger partial charge is 0.231 e. The minimum absolute atomic E-state index is 0.0529. The Kier molecular flexibility index (Phi) is 4.26. The zero-order chi connectivity index (χ0) is 17.2. The van der Waals surface area contributed by atoms with Gasteiger partial charge < -0.3 is 10.2 Å². The molecule has 128 valence electrons. The highest BCUT2D eigenvalue weighted by molar-refractivity contribution is 5.97. The molecule has 4 rings (SSSR count). The van der Waals surface area contributed by atoms with E-state index in [0.29, 0.717) is 6.42 Å². The Balaban J connectivity index is 1.47. The third-order valence-corrected chi connectivity index (χ3v) is 5.21. The van der Waals surface area contributed by atoms with Gasteiger partial charge in [-0.2, -0.15) is 0 Å². The van der Waals surface area contributed by atoms with Crippen LogP contribution >= 0.6 is 0 Å². The first-order valence-electron chi connectivity index (χ1n) is 9.01. The molecule has 0 radical (unpaired) electrons. The van der Waals surface area contributed by atoms with Crippen LogP contribution in [0.1, 0.15) is 42.7 Å². The predicted molar refractivity (Wildman–Crippen MR) is 98.8 cm³/mol. The van der Waals surface area contributed by atoms with Crippen molar-refractivity contribution in [3.8, 4) is 0 Å². The second-order valence-electron chi connectivity index (χ2n) is 6.83. The van der Waals surface area contributed by atoms with Crippen molar-refractivity contribution in [2.45, 2.75) is 38.0 Å². The summed E-state index contributed by atoms with van der Waals surface area (Å²) >= 11 is 0. The van der Waals surface area contributed by atoms with Crippen LogP contribution in [0, 0.1) is 0 Å². The van der Waals surface area contributed by atoms with Crippen LogP contribution in [0.15, 0.2) is 48.5 Å². The van der Waals surface area contributed by atoms with Gasteiger partial charge in [0, 0.05) is 24.3 Å². The molecule has 0 spiro atoms. The Bertz CT molecular complexity index is 798. The fraction of sp³-hybridized carbons (Fsp3) is 0.333. The van der Waals surface area contributed by atoms with Crippen LogP contribution in [-0.4, -0.2) is 18.4 Å². The second-order valence-corrected chi connectivity index (χ2v) is 6.83. The zero-order valence-electron chi connectivity index (χ0n) is 14.2. The highest BCUT2D eigenvalue weighted by Gasteiger charge is 2.26. The van der Waals surface area contributed by atoms with Gasteiger partial charge in [-0.3, -0.25) is 9.59 Å². The van der Waals surface area contributed by atoms with Gasteiger partial charge >= 0.3 is 0 Å². The summed E-state index contributed by atoms with van der Waals surface area (Å²) < 4.78 is 0. The fourth-order valence-electron chi connectivity index (χ4n) is 3.90. The molecule has 1 heterocycles. The van der Waals surface area contributed by atoms with Crippen molar-refractivity contribution in [1.29, 1.82) is 0 Å². The molecule has 1 N–H and O–H groups in total. The summed E-state index contributed by atoms with van der Waals surface area (Å²) in [4.78, 5) is 26.4.